The van der Waals surface area contributed by atoms with Gasteiger partial charge in [-0.1, -0.05) is 97.1 Å². The van der Waals surface area contributed by atoms with Crippen LogP contribution in [0.3, 0.4) is 0 Å². The van der Waals surface area contributed by atoms with Crippen molar-refractivity contribution in [2.45, 2.75) is 4.90 Å². The molecule has 0 aliphatic heterocycles. The molecule has 0 saturated heterocycles. The van der Waals surface area contributed by atoms with E-state index in [-0.39, 0.29) is 4.90 Å². The Kier molecular flexibility index (Phi) is 4.82. The van der Waals surface area contributed by atoms with Crippen molar-refractivity contribution in [2.75, 3.05) is 0 Å². The summed E-state index contributed by atoms with van der Waals surface area (Å²) in [6.07, 6.45) is 4.15. The van der Waals surface area contributed by atoms with E-state index in [9.17, 15) is 8.42 Å². The fourth-order valence-electron chi connectivity index (χ4n) is 4.61. The van der Waals surface area contributed by atoms with Gasteiger partial charge in [-0.15, -0.1) is 0 Å². The van der Waals surface area contributed by atoms with Gasteiger partial charge < -0.3 is 0 Å². The number of para-hydroxylation sites is 1. The average molecular weight is 460 g/mol. The van der Waals surface area contributed by atoms with Gasteiger partial charge in [0.05, 0.1) is 15.9 Å². The zero-order chi connectivity index (χ0) is 23.1. The zero-order valence-corrected chi connectivity index (χ0v) is 19.1. The molecule has 0 atom stereocenters. The standard InChI is InChI=1S/C30H21NO2S/c32-34(33,26-12-2-1-3-13-26)31-28-15-7-6-14-27(28)30-24(11-8-16-29(30)31)20-18-22-17-19-23-9-4-5-10-25(23)21-22/h1-21H/b20-18+. The van der Waals surface area contributed by atoms with Crippen LogP contribution >= 0.6 is 0 Å². The molecule has 3 nitrogen and oxygen atoms in total. The fraction of sp³-hybridized carbons (Fsp3) is 0. The first-order valence-electron chi connectivity index (χ1n) is 11.1. The SMILES string of the molecule is O=S(=O)(c1ccccc1)n1c2ccccc2c2c(/C=C/c3ccc4ccccc4c3)cccc21. The Balaban J connectivity index is 1.56. The molecule has 0 aliphatic rings. The van der Waals surface area contributed by atoms with Gasteiger partial charge in [-0.2, -0.15) is 0 Å². The summed E-state index contributed by atoms with van der Waals surface area (Å²) in [5.41, 5.74) is 3.42. The monoisotopic (exact) mass is 459 g/mol. The molecule has 1 aromatic heterocycles. The summed E-state index contributed by atoms with van der Waals surface area (Å²) in [5, 5.41) is 4.23. The molecule has 0 fully saturated rings. The van der Waals surface area contributed by atoms with Crippen molar-refractivity contribution in [1.29, 1.82) is 0 Å². The van der Waals surface area contributed by atoms with E-state index in [4.69, 9.17) is 0 Å². The summed E-state index contributed by atoms with van der Waals surface area (Å²) < 4.78 is 28.8. The molecule has 0 amide bonds. The van der Waals surface area contributed by atoms with Gasteiger partial charge in [-0.3, -0.25) is 0 Å². The van der Waals surface area contributed by atoms with Crippen molar-refractivity contribution in [3.63, 3.8) is 0 Å². The summed E-state index contributed by atoms with van der Waals surface area (Å²) in [6, 6.07) is 36.8. The van der Waals surface area contributed by atoms with E-state index in [1.54, 1.807) is 24.3 Å². The summed E-state index contributed by atoms with van der Waals surface area (Å²) in [4.78, 5) is 0.273. The van der Waals surface area contributed by atoms with Gasteiger partial charge in [-0.05, 0) is 52.2 Å². The largest absolute Gasteiger partial charge is 0.268 e. The van der Waals surface area contributed by atoms with Crippen molar-refractivity contribution in [2.24, 2.45) is 0 Å². The summed E-state index contributed by atoms with van der Waals surface area (Å²) in [7, 11) is -3.76. The maximum absolute atomic E-state index is 13.7. The van der Waals surface area contributed by atoms with E-state index in [2.05, 4.69) is 42.5 Å². The van der Waals surface area contributed by atoms with Crippen molar-refractivity contribution in [1.82, 2.24) is 3.97 Å². The summed E-state index contributed by atoms with van der Waals surface area (Å²) in [5.74, 6) is 0. The number of hydrogen-bond donors (Lipinski definition) is 0. The zero-order valence-electron chi connectivity index (χ0n) is 18.3. The molecule has 164 valence electrons. The molecule has 5 aromatic carbocycles. The molecule has 0 saturated carbocycles. The highest BCUT2D eigenvalue weighted by Crippen LogP contribution is 2.35. The fourth-order valence-corrected chi connectivity index (χ4v) is 6.15. The lowest BCUT2D eigenvalue weighted by Gasteiger charge is -2.09. The van der Waals surface area contributed by atoms with Crippen molar-refractivity contribution in [3.8, 4) is 0 Å². The predicted octanol–water partition coefficient (Wildman–Crippen LogP) is 7.36. The topological polar surface area (TPSA) is 39.1 Å². The Bertz CT molecular complexity index is 1810. The number of rotatable bonds is 4. The lowest BCUT2D eigenvalue weighted by atomic mass is 10.0. The lowest BCUT2D eigenvalue weighted by molar-refractivity contribution is 0.590. The van der Waals surface area contributed by atoms with Gasteiger partial charge in [0.1, 0.15) is 0 Å². The number of fused-ring (bicyclic) bond motifs is 4. The highest BCUT2D eigenvalue weighted by atomic mass is 32.2. The van der Waals surface area contributed by atoms with Gasteiger partial charge in [0, 0.05) is 10.8 Å². The van der Waals surface area contributed by atoms with E-state index >= 15 is 0 Å². The predicted molar refractivity (Wildman–Crippen MR) is 141 cm³/mol. The molecular formula is C30H21NO2S. The maximum Gasteiger partial charge on any atom is 0.268 e. The first kappa shape index (κ1) is 20.5. The first-order chi connectivity index (χ1) is 16.6. The molecule has 0 bridgehead atoms. The minimum Gasteiger partial charge on any atom is -0.233 e. The molecule has 34 heavy (non-hydrogen) atoms. The van der Waals surface area contributed by atoms with E-state index in [1.807, 2.05) is 60.7 Å². The number of aromatic nitrogens is 1. The molecule has 0 aliphatic carbocycles. The third kappa shape index (κ3) is 3.31. The number of hydrogen-bond acceptors (Lipinski definition) is 2. The Morgan fingerprint density at radius 3 is 2.15 bits per heavy atom. The third-order valence-electron chi connectivity index (χ3n) is 6.20. The summed E-state index contributed by atoms with van der Waals surface area (Å²) >= 11 is 0. The molecule has 6 aromatic rings. The highest BCUT2D eigenvalue weighted by molar-refractivity contribution is 7.90. The quantitative estimate of drug-likeness (QED) is 0.258. The van der Waals surface area contributed by atoms with E-state index in [1.165, 1.54) is 14.7 Å². The van der Waals surface area contributed by atoms with Crippen LogP contribution in [0.4, 0.5) is 0 Å². The number of nitrogens with zero attached hydrogens (tertiary/aromatic N) is 1. The Hall–Kier alpha value is -4.15. The second-order valence-electron chi connectivity index (χ2n) is 8.28. The second kappa shape index (κ2) is 8.01. The van der Waals surface area contributed by atoms with Crippen molar-refractivity contribution >= 4 is 54.8 Å². The van der Waals surface area contributed by atoms with Gasteiger partial charge in [0.15, 0.2) is 0 Å². The molecular weight excluding hydrogens is 438 g/mol. The average Bonchev–Trinajstić information content (AvgIpc) is 3.23. The molecule has 0 radical (unpaired) electrons. The van der Waals surface area contributed by atoms with Crippen LogP contribution in [0.15, 0.2) is 120 Å². The van der Waals surface area contributed by atoms with Gasteiger partial charge >= 0.3 is 0 Å². The minimum atomic E-state index is -3.76. The van der Waals surface area contributed by atoms with Crippen LogP contribution in [-0.4, -0.2) is 12.4 Å². The lowest BCUT2D eigenvalue weighted by Crippen LogP contribution is -2.12. The third-order valence-corrected chi connectivity index (χ3v) is 7.94. The molecule has 0 N–H and O–H groups in total. The smallest absolute Gasteiger partial charge is 0.233 e. The maximum atomic E-state index is 13.7. The van der Waals surface area contributed by atoms with Crippen LogP contribution in [0.25, 0.3) is 44.7 Å². The van der Waals surface area contributed by atoms with Crippen LogP contribution in [0, 0.1) is 0 Å². The van der Waals surface area contributed by atoms with Crippen LogP contribution in [0.2, 0.25) is 0 Å². The Morgan fingerprint density at radius 2 is 1.29 bits per heavy atom. The van der Waals surface area contributed by atoms with E-state index < -0.39 is 10.0 Å². The normalized spacial score (nSPS) is 12.2. The Labute approximate surface area is 198 Å². The van der Waals surface area contributed by atoms with E-state index in [0.717, 1.165) is 21.9 Å². The Morgan fingerprint density at radius 1 is 0.588 bits per heavy atom. The van der Waals surface area contributed by atoms with Crippen molar-refractivity contribution in [3.05, 3.63) is 126 Å². The van der Waals surface area contributed by atoms with E-state index in [0.29, 0.717) is 11.0 Å². The van der Waals surface area contributed by atoms with Crippen LogP contribution in [-0.2, 0) is 10.0 Å². The molecule has 4 heteroatoms. The highest BCUT2D eigenvalue weighted by Gasteiger charge is 2.23. The summed E-state index contributed by atoms with van der Waals surface area (Å²) in [6.45, 7) is 0. The van der Waals surface area contributed by atoms with Crippen LogP contribution in [0.5, 0.6) is 0 Å². The van der Waals surface area contributed by atoms with Crippen LogP contribution in [0.1, 0.15) is 11.1 Å². The van der Waals surface area contributed by atoms with Gasteiger partial charge in [-0.25, -0.2) is 12.4 Å². The molecule has 6 rings (SSSR count). The number of benzene rings is 5. The van der Waals surface area contributed by atoms with Gasteiger partial charge in [0.25, 0.3) is 10.0 Å². The van der Waals surface area contributed by atoms with Crippen molar-refractivity contribution < 1.29 is 8.42 Å². The molecule has 0 unspecified atom stereocenters. The van der Waals surface area contributed by atoms with Gasteiger partial charge in [0.2, 0.25) is 0 Å². The minimum absolute atomic E-state index is 0.273. The second-order valence-corrected chi connectivity index (χ2v) is 10.1. The molecule has 0 spiro atoms. The molecule has 1 heterocycles. The first-order valence-corrected chi connectivity index (χ1v) is 12.6. The van der Waals surface area contributed by atoms with Crippen LogP contribution < -0.4 is 0 Å².